The minimum absolute atomic E-state index is 0.0130. The van der Waals surface area contributed by atoms with Gasteiger partial charge in [-0.15, -0.1) is 0 Å². The number of carbonyl (C=O) groups excluding carboxylic acids is 1. The van der Waals surface area contributed by atoms with E-state index in [1.54, 1.807) is 6.20 Å². The molecule has 5 nitrogen and oxygen atoms in total. The molecule has 0 unspecified atom stereocenters. The molecule has 2 aromatic rings. The number of amides is 1. The Labute approximate surface area is 142 Å². The number of ether oxygens (including phenoxy) is 1. The first-order valence-electron chi connectivity index (χ1n) is 8.35. The highest BCUT2D eigenvalue weighted by atomic mass is 16.5. The van der Waals surface area contributed by atoms with Crippen LogP contribution < -0.4 is 10.2 Å². The molecule has 0 aliphatic carbocycles. The van der Waals surface area contributed by atoms with E-state index in [1.165, 1.54) is 11.1 Å². The largest absolute Gasteiger partial charge is 0.378 e. The molecule has 5 heteroatoms. The number of nitrogens with zero attached hydrogens (tertiary/aromatic N) is 2. The van der Waals surface area contributed by atoms with E-state index in [0.29, 0.717) is 19.6 Å². The van der Waals surface area contributed by atoms with Crippen LogP contribution in [0.3, 0.4) is 0 Å². The molecule has 1 aliphatic heterocycles. The van der Waals surface area contributed by atoms with Gasteiger partial charge in [0.25, 0.3) is 0 Å². The summed E-state index contributed by atoms with van der Waals surface area (Å²) >= 11 is 0. The summed E-state index contributed by atoms with van der Waals surface area (Å²) in [5.41, 5.74) is 3.17. The van der Waals surface area contributed by atoms with Gasteiger partial charge in [0.05, 0.1) is 18.9 Å². The fourth-order valence-electron chi connectivity index (χ4n) is 2.86. The lowest BCUT2D eigenvalue weighted by Crippen LogP contribution is -2.37. The zero-order valence-corrected chi connectivity index (χ0v) is 14.0. The number of benzene rings is 1. The van der Waals surface area contributed by atoms with Gasteiger partial charge in [0.15, 0.2) is 5.82 Å². The first kappa shape index (κ1) is 16.5. The number of carbonyl (C=O) groups is 1. The quantitative estimate of drug-likeness (QED) is 0.918. The molecule has 1 aliphatic rings. The maximum atomic E-state index is 12.3. The van der Waals surface area contributed by atoms with E-state index in [-0.39, 0.29) is 5.91 Å². The molecule has 0 bridgehead atoms. The second kappa shape index (κ2) is 7.93. The number of aryl methyl sites for hydroxylation is 2. The van der Waals surface area contributed by atoms with Crippen molar-refractivity contribution in [1.82, 2.24) is 4.98 Å². The summed E-state index contributed by atoms with van der Waals surface area (Å²) in [7, 11) is 0. The van der Waals surface area contributed by atoms with Crippen LogP contribution in [-0.4, -0.2) is 37.2 Å². The third-order valence-corrected chi connectivity index (χ3v) is 4.09. The Morgan fingerprint density at radius 1 is 1.25 bits per heavy atom. The number of nitrogens with one attached hydrogen (secondary N) is 1. The summed E-state index contributed by atoms with van der Waals surface area (Å²) < 4.78 is 5.38. The van der Waals surface area contributed by atoms with Crippen molar-refractivity contribution in [2.45, 2.75) is 19.8 Å². The summed E-state index contributed by atoms with van der Waals surface area (Å²) in [4.78, 5) is 18.9. The Morgan fingerprint density at radius 3 is 2.88 bits per heavy atom. The molecular formula is C19H23N3O2. The van der Waals surface area contributed by atoms with Crippen molar-refractivity contribution >= 4 is 17.4 Å². The second-order valence-electron chi connectivity index (χ2n) is 6.01. The van der Waals surface area contributed by atoms with E-state index >= 15 is 0 Å². The minimum atomic E-state index is 0.0130. The predicted molar refractivity (Wildman–Crippen MR) is 95.4 cm³/mol. The summed E-state index contributed by atoms with van der Waals surface area (Å²) in [6.07, 6.45) is 2.95. The van der Waals surface area contributed by atoms with Gasteiger partial charge in [0.1, 0.15) is 0 Å². The number of anilines is 2. The van der Waals surface area contributed by atoms with Crippen molar-refractivity contribution in [3.63, 3.8) is 0 Å². The molecule has 24 heavy (non-hydrogen) atoms. The van der Waals surface area contributed by atoms with Crippen molar-refractivity contribution in [3.8, 4) is 0 Å². The average Bonchev–Trinajstić information content (AvgIpc) is 2.61. The zero-order chi connectivity index (χ0) is 16.8. The SMILES string of the molecule is Cc1cccc(CCC(=O)Nc2cccnc2N2CCOCC2)c1. The zero-order valence-electron chi connectivity index (χ0n) is 14.0. The van der Waals surface area contributed by atoms with Gasteiger partial charge in [-0.05, 0) is 31.0 Å². The summed E-state index contributed by atoms with van der Waals surface area (Å²) in [6, 6.07) is 12.0. The average molecular weight is 325 g/mol. The lowest BCUT2D eigenvalue weighted by molar-refractivity contribution is -0.116. The van der Waals surface area contributed by atoms with Crippen LogP contribution in [0.2, 0.25) is 0 Å². The van der Waals surface area contributed by atoms with Gasteiger partial charge in [0.2, 0.25) is 5.91 Å². The van der Waals surface area contributed by atoms with Crippen molar-refractivity contribution in [1.29, 1.82) is 0 Å². The van der Waals surface area contributed by atoms with Gasteiger partial charge in [-0.3, -0.25) is 4.79 Å². The van der Waals surface area contributed by atoms with Crippen LogP contribution in [0, 0.1) is 6.92 Å². The number of aromatic nitrogens is 1. The Bertz CT molecular complexity index is 697. The van der Waals surface area contributed by atoms with Crippen LogP contribution in [0.15, 0.2) is 42.6 Å². The van der Waals surface area contributed by atoms with Crippen LogP contribution in [0.25, 0.3) is 0 Å². The highest BCUT2D eigenvalue weighted by Crippen LogP contribution is 2.23. The van der Waals surface area contributed by atoms with Gasteiger partial charge in [-0.1, -0.05) is 29.8 Å². The summed E-state index contributed by atoms with van der Waals surface area (Å²) in [5, 5.41) is 3.01. The third-order valence-electron chi connectivity index (χ3n) is 4.09. The van der Waals surface area contributed by atoms with Crippen molar-refractivity contribution in [3.05, 3.63) is 53.7 Å². The number of morpholine rings is 1. The molecule has 0 radical (unpaired) electrons. The molecule has 126 valence electrons. The van der Waals surface area contributed by atoms with Crippen LogP contribution in [0.4, 0.5) is 11.5 Å². The molecular weight excluding hydrogens is 302 g/mol. The lowest BCUT2D eigenvalue weighted by atomic mass is 10.1. The smallest absolute Gasteiger partial charge is 0.224 e. The Morgan fingerprint density at radius 2 is 2.08 bits per heavy atom. The molecule has 0 spiro atoms. The number of hydrogen-bond acceptors (Lipinski definition) is 4. The Hall–Kier alpha value is -2.40. The number of hydrogen-bond donors (Lipinski definition) is 1. The minimum Gasteiger partial charge on any atom is -0.378 e. The monoisotopic (exact) mass is 325 g/mol. The van der Waals surface area contributed by atoms with Gasteiger partial charge in [-0.2, -0.15) is 0 Å². The molecule has 1 N–H and O–H groups in total. The van der Waals surface area contributed by atoms with E-state index in [0.717, 1.165) is 31.0 Å². The molecule has 3 rings (SSSR count). The van der Waals surface area contributed by atoms with Crippen LogP contribution in [0.1, 0.15) is 17.5 Å². The second-order valence-corrected chi connectivity index (χ2v) is 6.01. The van der Waals surface area contributed by atoms with Crippen molar-refractivity contribution < 1.29 is 9.53 Å². The fraction of sp³-hybridized carbons (Fsp3) is 0.368. The van der Waals surface area contributed by atoms with Gasteiger partial charge >= 0.3 is 0 Å². The number of pyridine rings is 1. The Kier molecular flexibility index (Phi) is 5.43. The van der Waals surface area contributed by atoms with Gasteiger partial charge in [-0.25, -0.2) is 4.98 Å². The Balaban J connectivity index is 1.62. The normalized spacial score (nSPS) is 14.5. The van der Waals surface area contributed by atoms with Crippen molar-refractivity contribution in [2.24, 2.45) is 0 Å². The van der Waals surface area contributed by atoms with Gasteiger partial charge < -0.3 is 15.0 Å². The maximum Gasteiger partial charge on any atom is 0.224 e. The highest BCUT2D eigenvalue weighted by Gasteiger charge is 2.17. The topological polar surface area (TPSA) is 54.5 Å². The first-order valence-corrected chi connectivity index (χ1v) is 8.35. The molecule has 2 heterocycles. The molecule has 1 amide bonds. The van der Waals surface area contributed by atoms with Crippen LogP contribution >= 0.6 is 0 Å². The van der Waals surface area contributed by atoms with E-state index < -0.39 is 0 Å². The van der Waals surface area contributed by atoms with Crippen molar-refractivity contribution in [2.75, 3.05) is 36.5 Å². The standard InChI is InChI=1S/C19H23N3O2/c1-15-4-2-5-16(14-15)7-8-18(23)21-17-6-3-9-20-19(17)22-10-12-24-13-11-22/h2-6,9,14H,7-8,10-13H2,1H3,(H,21,23). The van der Waals surface area contributed by atoms with E-state index in [9.17, 15) is 4.79 Å². The molecule has 0 atom stereocenters. The molecule has 0 saturated carbocycles. The summed E-state index contributed by atoms with van der Waals surface area (Å²) in [6.45, 7) is 5.04. The molecule has 1 aromatic carbocycles. The van der Waals surface area contributed by atoms with E-state index in [1.807, 2.05) is 18.2 Å². The highest BCUT2D eigenvalue weighted by molar-refractivity contribution is 5.93. The summed E-state index contributed by atoms with van der Waals surface area (Å²) in [5.74, 6) is 0.837. The maximum absolute atomic E-state index is 12.3. The molecule has 1 fully saturated rings. The first-order chi connectivity index (χ1) is 11.7. The lowest BCUT2D eigenvalue weighted by Gasteiger charge is -2.29. The number of rotatable bonds is 5. The predicted octanol–water partition coefficient (Wildman–Crippen LogP) is 2.80. The van der Waals surface area contributed by atoms with Crippen LogP contribution in [0.5, 0.6) is 0 Å². The molecule has 1 saturated heterocycles. The third kappa shape index (κ3) is 4.32. The van der Waals surface area contributed by atoms with E-state index in [2.05, 4.69) is 40.3 Å². The van der Waals surface area contributed by atoms with E-state index in [4.69, 9.17) is 4.74 Å². The van der Waals surface area contributed by atoms with Crippen LogP contribution in [-0.2, 0) is 16.0 Å². The molecule has 1 aromatic heterocycles. The van der Waals surface area contributed by atoms with Gasteiger partial charge in [0, 0.05) is 25.7 Å². The fourth-order valence-corrected chi connectivity index (χ4v) is 2.86.